The summed E-state index contributed by atoms with van der Waals surface area (Å²) in [5.74, 6) is -0.954. The van der Waals surface area contributed by atoms with Crippen LogP contribution < -0.4 is 0 Å². The van der Waals surface area contributed by atoms with Crippen LogP contribution in [0.1, 0.15) is 43.0 Å². The number of ketones is 1. The molecular weight excluding hydrogens is 334 g/mol. The van der Waals surface area contributed by atoms with E-state index in [9.17, 15) is 19.2 Å². The summed E-state index contributed by atoms with van der Waals surface area (Å²) in [5, 5.41) is 2.71. The van der Waals surface area contributed by atoms with Gasteiger partial charge in [0.1, 0.15) is 12.1 Å². The van der Waals surface area contributed by atoms with Crippen LogP contribution in [0.2, 0.25) is 0 Å². The molecule has 1 aromatic carbocycles. The van der Waals surface area contributed by atoms with Crippen molar-refractivity contribution in [2.75, 3.05) is 13.6 Å². The maximum Gasteiger partial charge on any atom is 0.264 e. The Hall–Kier alpha value is -2.70. The molecule has 3 rings (SSSR count). The fourth-order valence-electron chi connectivity index (χ4n) is 3.68. The van der Waals surface area contributed by atoms with Crippen LogP contribution in [-0.4, -0.2) is 64.1 Å². The Morgan fingerprint density at radius 1 is 1.12 bits per heavy atom. The molecule has 0 N–H and O–H groups in total. The number of nitrogens with zero attached hydrogens (tertiary/aromatic N) is 3. The lowest BCUT2D eigenvalue weighted by atomic mass is 10.0. The standard InChI is InChI=1S/C19H23N3O4/c1-13(23)15-9-6-12-21-17(24)11-10-16(19(26)22(15)21)20(2)18(25)14-7-4-3-5-8-14/h3-5,7-8,15-16H,6,9-12H2,1-2H3/t15-,16-/m0/s1. The number of fused-ring (bicyclic) bond motifs is 1. The van der Waals surface area contributed by atoms with E-state index in [4.69, 9.17) is 0 Å². The Bertz CT molecular complexity index is 734. The van der Waals surface area contributed by atoms with Crippen LogP contribution in [0.15, 0.2) is 30.3 Å². The molecule has 2 atom stereocenters. The van der Waals surface area contributed by atoms with Gasteiger partial charge in [-0.15, -0.1) is 0 Å². The summed E-state index contributed by atoms with van der Waals surface area (Å²) in [6.45, 7) is 1.86. The van der Waals surface area contributed by atoms with Gasteiger partial charge in [-0.05, 0) is 38.3 Å². The molecule has 0 aromatic heterocycles. The van der Waals surface area contributed by atoms with E-state index in [1.165, 1.54) is 21.8 Å². The molecule has 0 unspecified atom stereocenters. The predicted octanol–water partition coefficient (Wildman–Crippen LogP) is 1.24. The van der Waals surface area contributed by atoms with Crippen molar-refractivity contribution in [3.8, 4) is 0 Å². The topological polar surface area (TPSA) is 78.0 Å². The summed E-state index contributed by atoms with van der Waals surface area (Å²) in [7, 11) is 1.57. The first kappa shape index (κ1) is 18.1. The monoisotopic (exact) mass is 357 g/mol. The van der Waals surface area contributed by atoms with Gasteiger partial charge in [0.15, 0.2) is 5.78 Å². The summed E-state index contributed by atoms with van der Waals surface area (Å²) < 4.78 is 0. The lowest BCUT2D eigenvalue weighted by Crippen LogP contribution is -2.62. The average molecular weight is 357 g/mol. The van der Waals surface area contributed by atoms with Crippen molar-refractivity contribution in [3.05, 3.63) is 35.9 Å². The highest BCUT2D eigenvalue weighted by atomic mass is 16.2. The third kappa shape index (κ3) is 3.21. The molecule has 2 fully saturated rings. The largest absolute Gasteiger partial charge is 0.330 e. The molecule has 2 aliphatic heterocycles. The second kappa shape index (κ2) is 7.27. The summed E-state index contributed by atoms with van der Waals surface area (Å²) in [4.78, 5) is 51.9. The molecule has 0 spiro atoms. The number of amides is 3. The fraction of sp³-hybridized carbons (Fsp3) is 0.474. The summed E-state index contributed by atoms with van der Waals surface area (Å²) in [5.41, 5.74) is 0.483. The molecule has 7 heteroatoms. The highest BCUT2D eigenvalue weighted by Gasteiger charge is 2.44. The van der Waals surface area contributed by atoms with Gasteiger partial charge in [-0.25, -0.2) is 5.01 Å². The van der Waals surface area contributed by atoms with Crippen LogP contribution in [0.5, 0.6) is 0 Å². The Balaban J connectivity index is 1.90. The molecule has 0 saturated carbocycles. The number of likely N-dealkylation sites (N-methyl/N-ethyl adjacent to an activating group) is 1. The molecule has 0 radical (unpaired) electrons. The number of benzene rings is 1. The number of rotatable bonds is 3. The van der Waals surface area contributed by atoms with E-state index < -0.39 is 12.1 Å². The van der Waals surface area contributed by atoms with Crippen LogP contribution in [0, 0.1) is 0 Å². The first-order chi connectivity index (χ1) is 12.4. The zero-order chi connectivity index (χ0) is 18.8. The van der Waals surface area contributed by atoms with Gasteiger partial charge in [-0.2, -0.15) is 0 Å². The summed E-state index contributed by atoms with van der Waals surface area (Å²) in [6.07, 6.45) is 1.64. The molecule has 2 aliphatic rings. The lowest BCUT2D eigenvalue weighted by Gasteiger charge is -2.43. The minimum Gasteiger partial charge on any atom is -0.330 e. The van der Waals surface area contributed by atoms with Gasteiger partial charge in [0.25, 0.3) is 11.8 Å². The molecule has 138 valence electrons. The maximum atomic E-state index is 13.2. The number of carbonyl (C=O) groups excluding carboxylic acids is 4. The van der Waals surface area contributed by atoms with E-state index >= 15 is 0 Å². The Morgan fingerprint density at radius 2 is 1.81 bits per heavy atom. The van der Waals surface area contributed by atoms with E-state index in [0.717, 1.165) is 0 Å². The zero-order valence-electron chi connectivity index (χ0n) is 15.1. The van der Waals surface area contributed by atoms with Crippen LogP contribution in [-0.2, 0) is 14.4 Å². The van der Waals surface area contributed by atoms with Crippen molar-refractivity contribution in [1.29, 1.82) is 0 Å². The van der Waals surface area contributed by atoms with E-state index in [2.05, 4.69) is 0 Å². The van der Waals surface area contributed by atoms with Gasteiger partial charge in [0.2, 0.25) is 5.91 Å². The Kier molecular flexibility index (Phi) is 5.06. The molecule has 3 amide bonds. The SMILES string of the molecule is CC(=O)[C@@H]1CCCN2C(=O)CC[C@H](N(C)C(=O)c3ccccc3)C(=O)N12. The van der Waals surface area contributed by atoms with Crippen LogP contribution >= 0.6 is 0 Å². The highest BCUT2D eigenvalue weighted by Crippen LogP contribution is 2.27. The Labute approximate surface area is 152 Å². The first-order valence-electron chi connectivity index (χ1n) is 8.88. The minimum atomic E-state index is -0.767. The van der Waals surface area contributed by atoms with Crippen molar-refractivity contribution < 1.29 is 19.2 Å². The highest BCUT2D eigenvalue weighted by molar-refractivity contribution is 5.99. The minimum absolute atomic E-state index is 0.145. The van der Waals surface area contributed by atoms with Crippen LogP contribution in [0.3, 0.4) is 0 Å². The van der Waals surface area contributed by atoms with E-state index in [1.54, 1.807) is 31.3 Å². The molecule has 2 saturated heterocycles. The maximum absolute atomic E-state index is 13.2. The van der Waals surface area contributed by atoms with Gasteiger partial charge in [-0.3, -0.25) is 24.2 Å². The number of hydrazine groups is 1. The predicted molar refractivity (Wildman–Crippen MR) is 93.8 cm³/mol. The van der Waals surface area contributed by atoms with Crippen molar-refractivity contribution in [1.82, 2.24) is 14.9 Å². The molecule has 0 bridgehead atoms. The second-order valence-electron chi connectivity index (χ2n) is 6.80. The van der Waals surface area contributed by atoms with Gasteiger partial charge in [0, 0.05) is 25.6 Å². The summed E-state index contributed by atoms with van der Waals surface area (Å²) in [6, 6.07) is 7.32. The molecule has 1 aromatic rings. The van der Waals surface area contributed by atoms with E-state index in [0.29, 0.717) is 24.9 Å². The Morgan fingerprint density at radius 3 is 2.46 bits per heavy atom. The van der Waals surface area contributed by atoms with Gasteiger partial charge in [-0.1, -0.05) is 18.2 Å². The number of carbonyl (C=O) groups is 4. The number of hydrogen-bond acceptors (Lipinski definition) is 4. The average Bonchev–Trinajstić information content (AvgIpc) is 2.78. The van der Waals surface area contributed by atoms with Crippen LogP contribution in [0.25, 0.3) is 0 Å². The quantitative estimate of drug-likeness (QED) is 0.816. The smallest absolute Gasteiger partial charge is 0.264 e. The molecule has 7 nitrogen and oxygen atoms in total. The van der Waals surface area contributed by atoms with Crippen LogP contribution in [0.4, 0.5) is 0 Å². The molecular formula is C19H23N3O4. The van der Waals surface area contributed by atoms with Gasteiger partial charge < -0.3 is 4.90 Å². The zero-order valence-corrected chi connectivity index (χ0v) is 15.1. The van der Waals surface area contributed by atoms with Crippen molar-refractivity contribution >= 4 is 23.5 Å². The molecule has 0 aliphatic carbocycles. The fourth-order valence-corrected chi connectivity index (χ4v) is 3.68. The van der Waals surface area contributed by atoms with E-state index in [-0.39, 0.29) is 36.3 Å². The third-order valence-electron chi connectivity index (χ3n) is 5.11. The van der Waals surface area contributed by atoms with Crippen molar-refractivity contribution in [2.24, 2.45) is 0 Å². The summed E-state index contributed by atoms with van der Waals surface area (Å²) >= 11 is 0. The normalized spacial score (nSPS) is 23.3. The van der Waals surface area contributed by atoms with E-state index in [1.807, 2.05) is 6.07 Å². The number of Topliss-reactive ketones (excluding diaryl/α,β-unsaturated/α-hetero) is 1. The van der Waals surface area contributed by atoms with Gasteiger partial charge in [0.05, 0.1) is 0 Å². The first-order valence-corrected chi connectivity index (χ1v) is 8.88. The van der Waals surface area contributed by atoms with Gasteiger partial charge >= 0.3 is 0 Å². The second-order valence-corrected chi connectivity index (χ2v) is 6.80. The molecule has 26 heavy (non-hydrogen) atoms. The van der Waals surface area contributed by atoms with Crippen molar-refractivity contribution in [2.45, 2.75) is 44.7 Å². The third-order valence-corrected chi connectivity index (χ3v) is 5.11. The number of hydrogen-bond donors (Lipinski definition) is 0. The van der Waals surface area contributed by atoms with Crippen molar-refractivity contribution in [3.63, 3.8) is 0 Å². The lowest BCUT2D eigenvalue weighted by molar-refractivity contribution is -0.176. The molecule has 2 heterocycles.